The fourth-order valence-electron chi connectivity index (χ4n) is 3.64. The number of aliphatic imine (C=N–C) groups is 1. The second-order valence-electron chi connectivity index (χ2n) is 8.28. The summed E-state index contributed by atoms with van der Waals surface area (Å²) in [4.78, 5) is 36.8. The maximum Gasteiger partial charge on any atom is 0.471 e. The molecule has 3 N–H and O–H groups in total. The highest BCUT2D eigenvalue weighted by molar-refractivity contribution is 8.76. The van der Waals surface area contributed by atoms with E-state index in [4.69, 9.17) is 9.47 Å². The van der Waals surface area contributed by atoms with Crippen molar-refractivity contribution in [3.05, 3.63) is 22.1 Å². The van der Waals surface area contributed by atoms with Crippen LogP contribution in [-0.2, 0) is 14.3 Å². The summed E-state index contributed by atoms with van der Waals surface area (Å²) in [5.74, 6) is 2.96. The summed E-state index contributed by atoms with van der Waals surface area (Å²) in [6.07, 6.45) is -1.61. The number of ether oxygens (including phenoxy) is 2. The third kappa shape index (κ3) is 7.44. The number of nitrogens with one attached hydrogen (secondary N) is 2. The number of carbonyl (C=O) groups is 1. The molecule has 0 aliphatic carbocycles. The van der Waals surface area contributed by atoms with Gasteiger partial charge in [0.05, 0.1) is 36.5 Å². The summed E-state index contributed by atoms with van der Waals surface area (Å²) in [7, 11) is 6.54. The van der Waals surface area contributed by atoms with E-state index in [1.165, 1.54) is 23.3 Å². The minimum Gasteiger partial charge on any atom is -0.394 e. The zero-order valence-corrected chi connectivity index (χ0v) is 22.5. The third-order valence-corrected chi connectivity index (χ3v) is 7.13. The quantitative estimate of drug-likeness (QED) is 0.135. The Balaban J connectivity index is 1.99. The molecule has 2 aromatic rings. The van der Waals surface area contributed by atoms with Crippen molar-refractivity contribution in [1.82, 2.24) is 24.8 Å². The molecule has 3 heterocycles. The van der Waals surface area contributed by atoms with Crippen molar-refractivity contribution in [3.63, 3.8) is 0 Å². The van der Waals surface area contributed by atoms with Crippen LogP contribution in [0, 0.1) is 11.8 Å². The molecule has 4 atom stereocenters. The van der Waals surface area contributed by atoms with Crippen molar-refractivity contribution in [1.29, 1.82) is 0 Å². The lowest BCUT2D eigenvalue weighted by molar-refractivity contribution is -0.173. The number of fused-ring (bicyclic) bond motifs is 1. The molecule has 1 fully saturated rings. The second-order valence-corrected chi connectivity index (χ2v) is 11.0. The van der Waals surface area contributed by atoms with E-state index in [2.05, 4.69) is 26.8 Å². The van der Waals surface area contributed by atoms with Gasteiger partial charge in [-0.3, -0.25) is 14.6 Å². The number of amides is 1. The Hall–Kier alpha value is -2.71. The monoisotopic (exact) mass is 576 g/mol. The van der Waals surface area contributed by atoms with E-state index in [0.717, 1.165) is 0 Å². The highest BCUT2D eigenvalue weighted by Crippen LogP contribution is 2.36. The van der Waals surface area contributed by atoms with Crippen LogP contribution in [0.25, 0.3) is 11.0 Å². The van der Waals surface area contributed by atoms with E-state index in [1.807, 2.05) is 13.2 Å². The number of H-pyrrole nitrogens is 1. The number of hydrogen-bond acceptors (Lipinski definition) is 9. The van der Waals surface area contributed by atoms with E-state index in [-0.39, 0.29) is 34.6 Å². The molecule has 0 aromatic carbocycles. The van der Waals surface area contributed by atoms with Gasteiger partial charge in [-0.15, -0.1) is 0 Å². The Bertz CT molecular complexity index is 1290. The molecule has 1 amide bonds. The molecule has 1 aliphatic rings. The molecule has 38 heavy (non-hydrogen) atoms. The molecular formula is C22H27F3N6O5S2. The van der Waals surface area contributed by atoms with Gasteiger partial charge in [-0.05, 0) is 13.2 Å². The van der Waals surface area contributed by atoms with Gasteiger partial charge < -0.3 is 29.4 Å². The maximum absolute atomic E-state index is 13.0. The van der Waals surface area contributed by atoms with Crippen LogP contribution in [0.2, 0.25) is 0 Å². The molecule has 1 unspecified atom stereocenters. The lowest BCUT2D eigenvalue weighted by Crippen LogP contribution is -2.36. The van der Waals surface area contributed by atoms with Crippen LogP contribution in [0.15, 0.2) is 16.0 Å². The Morgan fingerprint density at radius 3 is 2.89 bits per heavy atom. The summed E-state index contributed by atoms with van der Waals surface area (Å²) in [5, 5.41) is 11.6. The molecule has 0 saturated carbocycles. The number of nitrogens with zero attached hydrogens (tertiary/aromatic N) is 4. The molecule has 3 rings (SSSR count). The van der Waals surface area contributed by atoms with Gasteiger partial charge in [-0.2, -0.15) is 18.2 Å². The minimum absolute atomic E-state index is 0.0157. The van der Waals surface area contributed by atoms with Crippen LogP contribution in [0.3, 0.4) is 0 Å². The van der Waals surface area contributed by atoms with E-state index in [1.54, 1.807) is 39.7 Å². The van der Waals surface area contributed by atoms with E-state index >= 15 is 0 Å². The molecule has 16 heteroatoms. The van der Waals surface area contributed by atoms with E-state index in [0.29, 0.717) is 6.42 Å². The van der Waals surface area contributed by atoms with Crippen molar-refractivity contribution in [2.24, 2.45) is 4.99 Å². The van der Waals surface area contributed by atoms with Crippen LogP contribution in [0.5, 0.6) is 0 Å². The number of hydrogen-bond donors (Lipinski definition) is 3. The van der Waals surface area contributed by atoms with E-state index < -0.39 is 42.6 Å². The summed E-state index contributed by atoms with van der Waals surface area (Å²) in [6.45, 7) is 0.999. The smallest absolute Gasteiger partial charge is 0.394 e. The minimum atomic E-state index is -5.03. The fraction of sp³-hybridized carbons (Fsp3) is 0.545. The normalized spacial score (nSPS) is 20.5. The van der Waals surface area contributed by atoms with Gasteiger partial charge in [-0.25, -0.2) is 4.99 Å². The van der Waals surface area contributed by atoms with Gasteiger partial charge in [0, 0.05) is 26.7 Å². The average molecular weight is 577 g/mol. The fourth-order valence-corrected chi connectivity index (χ4v) is 5.04. The van der Waals surface area contributed by atoms with Gasteiger partial charge in [-0.1, -0.05) is 33.4 Å². The van der Waals surface area contributed by atoms with Crippen LogP contribution in [0.1, 0.15) is 25.1 Å². The van der Waals surface area contributed by atoms with Crippen LogP contribution >= 0.6 is 21.6 Å². The highest BCUT2D eigenvalue weighted by atomic mass is 33.1. The largest absolute Gasteiger partial charge is 0.471 e. The van der Waals surface area contributed by atoms with Crippen LogP contribution in [0.4, 0.5) is 19.1 Å². The van der Waals surface area contributed by atoms with Gasteiger partial charge in [0.15, 0.2) is 5.65 Å². The van der Waals surface area contributed by atoms with Gasteiger partial charge in [0.2, 0.25) is 5.95 Å². The number of carbonyl (C=O) groups excluding carboxylic acids is 1. The standard InChI is InChI=1S/C22H27F3N6O5S2/c1-12(38-37-4)35-14-8-16(36-15(14)10-32)31-9-13(6-5-7-26-20(34)22(23,24)25)17-18(31)28-21(29-19(17)33)27-11-30(2)3/h9,11-12,14-16,32H,7-8,10H2,1-4H3,(H,26,34)(H,28,29,33)/t12-,14?,15-,16-/m1/s1. The summed E-state index contributed by atoms with van der Waals surface area (Å²) in [5.41, 5.74) is -0.401. The SMILES string of the molecule is CSS[C@H](C)OC1C[C@H](n2cc(C#CCNC(=O)C(F)(F)F)c3c(=O)[nH]c(N=CN(C)C)nc32)O[C@@H]1CO. The first-order valence-electron chi connectivity index (χ1n) is 11.2. The Morgan fingerprint density at radius 1 is 1.53 bits per heavy atom. The van der Waals surface area contributed by atoms with E-state index in [9.17, 15) is 27.9 Å². The lowest BCUT2D eigenvalue weighted by Gasteiger charge is -2.20. The average Bonchev–Trinajstić information content (AvgIpc) is 3.41. The van der Waals surface area contributed by atoms with Crippen molar-refractivity contribution < 1.29 is 32.5 Å². The molecule has 0 spiro atoms. The molecule has 0 radical (unpaired) electrons. The Labute approximate surface area is 223 Å². The topological polar surface area (TPSA) is 134 Å². The number of rotatable bonds is 9. The van der Waals surface area contributed by atoms with Gasteiger partial charge in [0.25, 0.3) is 5.56 Å². The third-order valence-electron chi connectivity index (χ3n) is 5.17. The predicted molar refractivity (Wildman–Crippen MR) is 139 cm³/mol. The highest BCUT2D eigenvalue weighted by Gasteiger charge is 2.39. The van der Waals surface area contributed by atoms with Gasteiger partial charge in [0.1, 0.15) is 17.8 Å². The molecule has 1 aliphatic heterocycles. The first-order valence-corrected chi connectivity index (χ1v) is 13.9. The first-order chi connectivity index (χ1) is 17.9. The van der Waals surface area contributed by atoms with Crippen LogP contribution in [-0.4, -0.2) is 94.1 Å². The van der Waals surface area contributed by atoms with Crippen LogP contribution < -0.4 is 10.9 Å². The molecule has 1 saturated heterocycles. The summed E-state index contributed by atoms with van der Waals surface area (Å²) < 4.78 is 50.9. The Morgan fingerprint density at radius 2 is 2.26 bits per heavy atom. The van der Waals surface area contributed by atoms with Crippen molar-refractivity contribution >= 4 is 50.8 Å². The predicted octanol–water partition coefficient (Wildman–Crippen LogP) is 2.00. The molecule has 11 nitrogen and oxygen atoms in total. The van der Waals surface area contributed by atoms with Crippen molar-refractivity contribution in [2.45, 2.75) is 43.4 Å². The number of halogens is 3. The maximum atomic E-state index is 13.0. The number of aliphatic hydroxyl groups is 1. The Kier molecular flexibility index (Phi) is 10.1. The molecule has 0 bridgehead atoms. The summed E-state index contributed by atoms with van der Waals surface area (Å²) in [6, 6.07) is 0. The van der Waals surface area contributed by atoms with Crippen molar-refractivity contribution in [3.8, 4) is 11.8 Å². The van der Waals surface area contributed by atoms with Crippen molar-refractivity contribution in [2.75, 3.05) is 33.5 Å². The first kappa shape index (κ1) is 29.8. The number of alkyl halides is 3. The molecular weight excluding hydrogens is 549 g/mol. The number of aromatic nitrogens is 3. The molecule has 2 aromatic heterocycles. The second kappa shape index (κ2) is 12.9. The number of aromatic amines is 1. The molecule has 208 valence electrons. The summed E-state index contributed by atoms with van der Waals surface area (Å²) >= 11 is 0. The lowest BCUT2D eigenvalue weighted by atomic mass is 10.2. The zero-order valence-electron chi connectivity index (χ0n) is 20.9. The number of aliphatic hydroxyl groups excluding tert-OH is 1. The van der Waals surface area contributed by atoms with Gasteiger partial charge >= 0.3 is 12.1 Å². The zero-order chi connectivity index (χ0) is 28.0.